The zero-order chi connectivity index (χ0) is 15.1. The van der Waals surface area contributed by atoms with Gasteiger partial charge in [0.25, 0.3) is 6.43 Å². The zero-order valence-corrected chi connectivity index (χ0v) is 11.7. The van der Waals surface area contributed by atoms with Crippen LogP contribution in [0.25, 0.3) is 0 Å². The highest BCUT2D eigenvalue weighted by atomic mass is 19.3. The van der Waals surface area contributed by atoms with Gasteiger partial charge in [0.15, 0.2) is 0 Å². The highest BCUT2D eigenvalue weighted by molar-refractivity contribution is 5.49. The summed E-state index contributed by atoms with van der Waals surface area (Å²) in [6.07, 6.45) is -2.58. The Morgan fingerprint density at radius 1 is 1.35 bits per heavy atom. The van der Waals surface area contributed by atoms with Gasteiger partial charge in [-0.25, -0.2) is 13.2 Å². The average molecular weight is 290 g/mol. The molecular formula is C14H21F3N2O. The van der Waals surface area contributed by atoms with Gasteiger partial charge in [-0.2, -0.15) is 0 Å². The molecular weight excluding hydrogens is 269 g/mol. The molecule has 0 spiro atoms. The highest BCUT2D eigenvalue weighted by Gasteiger charge is 2.17. The van der Waals surface area contributed by atoms with E-state index in [1.54, 1.807) is 6.07 Å². The third-order valence-corrected chi connectivity index (χ3v) is 3.05. The van der Waals surface area contributed by atoms with Crippen LogP contribution >= 0.6 is 0 Å². The number of aliphatic hydroxyl groups is 1. The molecule has 6 heteroatoms. The van der Waals surface area contributed by atoms with Crippen molar-refractivity contribution in [2.24, 2.45) is 0 Å². The standard InChI is InChI=1S/C14H21F3N2O/c1-3-18-10(2)11-4-5-13(12(15)8-11)19(6-7-20)9-14(16)17/h4-5,8,10,14,18,20H,3,6-7,9H2,1-2H3. The molecule has 0 saturated carbocycles. The molecule has 0 fully saturated rings. The number of hydrogen-bond acceptors (Lipinski definition) is 3. The van der Waals surface area contributed by atoms with Crippen molar-refractivity contribution in [1.29, 1.82) is 0 Å². The zero-order valence-electron chi connectivity index (χ0n) is 11.7. The minimum Gasteiger partial charge on any atom is -0.395 e. The van der Waals surface area contributed by atoms with Gasteiger partial charge in [0.2, 0.25) is 0 Å². The van der Waals surface area contributed by atoms with Crippen molar-refractivity contribution >= 4 is 5.69 Å². The quantitative estimate of drug-likeness (QED) is 0.772. The van der Waals surface area contributed by atoms with Crippen LogP contribution in [0.2, 0.25) is 0 Å². The summed E-state index contributed by atoms with van der Waals surface area (Å²) in [6.45, 7) is 3.69. The Labute approximate surface area is 117 Å². The molecule has 0 amide bonds. The lowest BCUT2D eigenvalue weighted by molar-refractivity contribution is 0.152. The van der Waals surface area contributed by atoms with Crippen LogP contribution in [0, 0.1) is 5.82 Å². The molecule has 1 aromatic carbocycles. The smallest absolute Gasteiger partial charge is 0.255 e. The van der Waals surface area contributed by atoms with Crippen molar-refractivity contribution in [3.8, 4) is 0 Å². The molecule has 0 radical (unpaired) electrons. The number of halogens is 3. The van der Waals surface area contributed by atoms with Gasteiger partial charge >= 0.3 is 0 Å². The summed E-state index contributed by atoms with van der Waals surface area (Å²) in [4.78, 5) is 1.15. The van der Waals surface area contributed by atoms with Crippen molar-refractivity contribution in [3.63, 3.8) is 0 Å². The van der Waals surface area contributed by atoms with E-state index in [-0.39, 0.29) is 24.9 Å². The van der Waals surface area contributed by atoms with Crippen molar-refractivity contribution in [2.45, 2.75) is 26.3 Å². The number of nitrogens with zero attached hydrogens (tertiary/aromatic N) is 1. The summed E-state index contributed by atoms with van der Waals surface area (Å²) < 4.78 is 39.0. The third-order valence-electron chi connectivity index (χ3n) is 3.05. The summed E-state index contributed by atoms with van der Waals surface area (Å²) in [7, 11) is 0. The second-order valence-electron chi connectivity index (χ2n) is 4.55. The average Bonchev–Trinajstić information content (AvgIpc) is 2.38. The molecule has 1 unspecified atom stereocenters. The van der Waals surface area contributed by atoms with Gasteiger partial charge < -0.3 is 15.3 Å². The van der Waals surface area contributed by atoms with E-state index in [1.165, 1.54) is 12.1 Å². The molecule has 0 bridgehead atoms. The van der Waals surface area contributed by atoms with Crippen molar-refractivity contribution in [1.82, 2.24) is 5.32 Å². The van der Waals surface area contributed by atoms with E-state index >= 15 is 0 Å². The molecule has 0 aliphatic carbocycles. The molecule has 3 nitrogen and oxygen atoms in total. The maximum atomic E-state index is 14.1. The third kappa shape index (κ3) is 4.68. The van der Waals surface area contributed by atoms with Crippen LogP contribution in [-0.4, -0.2) is 37.8 Å². The number of hydrogen-bond donors (Lipinski definition) is 2. The molecule has 0 heterocycles. The van der Waals surface area contributed by atoms with Gasteiger partial charge in [-0.05, 0) is 31.2 Å². The monoisotopic (exact) mass is 290 g/mol. The number of benzene rings is 1. The first-order valence-corrected chi connectivity index (χ1v) is 6.66. The Hall–Kier alpha value is -1.27. The van der Waals surface area contributed by atoms with E-state index in [2.05, 4.69) is 5.32 Å². The van der Waals surface area contributed by atoms with Crippen molar-refractivity contribution in [2.75, 3.05) is 31.1 Å². The Balaban J connectivity index is 2.94. The van der Waals surface area contributed by atoms with Gasteiger partial charge in [-0.15, -0.1) is 0 Å². The van der Waals surface area contributed by atoms with Gasteiger partial charge in [0, 0.05) is 12.6 Å². The second-order valence-corrected chi connectivity index (χ2v) is 4.55. The second kappa shape index (κ2) is 8.11. The predicted octanol–water partition coefficient (Wildman–Crippen LogP) is 2.56. The van der Waals surface area contributed by atoms with Crippen LogP contribution in [0.3, 0.4) is 0 Å². The highest BCUT2D eigenvalue weighted by Crippen LogP contribution is 2.24. The largest absolute Gasteiger partial charge is 0.395 e. The molecule has 1 atom stereocenters. The summed E-state index contributed by atoms with van der Waals surface area (Å²) in [5, 5.41) is 12.1. The fourth-order valence-corrected chi connectivity index (χ4v) is 2.07. The normalized spacial score (nSPS) is 12.8. The Morgan fingerprint density at radius 2 is 2.05 bits per heavy atom. The minimum atomic E-state index is -2.58. The van der Waals surface area contributed by atoms with Crippen LogP contribution in [0.1, 0.15) is 25.5 Å². The molecule has 114 valence electrons. The molecule has 0 aliphatic heterocycles. The first-order chi connectivity index (χ1) is 9.49. The lowest BCUT2D eigenvalue weighted by atomic mass is 10.1. The molecule has 0 aliphatic rings. The van der Waals surface area contributed by atoms with Gasteiger partial charge in [0.1, 0.15) is 5.82 Å². The van der Waals surface area contributed by atoms with E-state index in [0.29, 0.717) is 0 Å². The molecule has 1 aromatic rings. The van der Waals surface area contributed by atoms with Crippen LogP contribution in [0.4, 0.5) is 18.9 Å². The van der Waals surface area contributed by atoms with Crippen LogP contribution in [0.15, 0.2) is 18.2 Å². The molecule has 0 aromatic heterocycles. The number of aliphatic hydroxyl groups excluding tert-OH is 1. The molecule has 20 heavy (non-hydrogen) atoms. The van der Waals surface area contributed by atoms with Crippen LogP contribution in [0.5, 0.6) is 0 Å². The first-order valence-electron chi connectivity index (χ1n) is 6.66. The van der Waals surface area contributed by atoms with Gasteiger partial charge in [0.05, 0.1) is 18.8 Å². The van der Waals surface area contributed by atoms with E-state index < -0.39 is 18.8 Å². The van der Waals surface area contributed by atoms with Gasteiger partial charge in [-0.3, -0.25) is 0 Å². The Kier molecular flexibility index (Phi) is 6.81. The SMILES string of the molecule is CCNC(C)c1ccc(N(CCO)CC(F)F)c(F)c1. The number of nitrogens with one attached hydrogen (secondary N) is 1. The topological polar surface area (TPSA) is 35.5 Å². The fourth-order valence-electron chi connectivity index (χ4n) is 2.07. The summed E-state index contributed by atoms with van der Waals surface area (Å²) in [5.74, 6) is -0.554. The van der Waals surface area contributed by atoms with Crippen molar-refractivity contribution < 1.29 is 18.3 Å². The fraction of sp³-hybridized carbons (Fsp3) is 0.571. The minimum absolute atomic E-state index is 0.00931. The summed E-state index contributed by atoms with van der Waals surface area (Å²) in [6, 6.07) is 4.53. The predicted molar refractivity (Wildman–Crippen MR) is 73.8 cm³/mol. The molecule has 0 saturated heterocycles. The van der Waals surface area contributed by atoms with E-state index in [0.717, 1.165) is 17.0 Å². The van der Waals surface area contributed by atoms with E-state index in [4.69, 9.17) is 5.11 Å². The van der Waals surface area contributed by atoms with Gasteiger partial charge in [-0.1, -0.05) is 13.0 Å². The van der Waals surface area contributed by atoms with Crippen LogP contribution < -0.4 is 10.2 Å². The summed E-state index contributed by atoms with van der Waals surface area (Å²) >= 11 is 0. The number of rotatable bonds is 8. The maximum Gasteiger partial charge on any atom is 0.255 e. The van der Waals surface area contributed by atoms with Crippen molar-refractivity contribution in [3.05, 3.63) is 29.6 Å². The molecule has 2 N–H and O–H groups in total. The summed E-state index contributed by atoms with van der Waals surface area (Å²) in [5.41, 5.74) is 0.848. The first kappa shape index (κ1) is 16.8. The van der Waals surface area contributed by atoms with E-state index in [1.807, 2.05) is 13.8 Å². The molecule has 1 rings (SSSR count). The lowest BCUT2D eigenvalue weighted by Gasteiger charge is -2.24. The maximum absolute atomic E-state index is 14.1. The number of anilines is 1. The lowest BCUT2D eigenvalue weighted by Crippen LogP contribution is -2.32. The Morgan fingerprint density at radius 3 is 2.55 bits per heavy atom. The number of alkyl halides is 2. The van der Waals surface area contributed by atoms with Crippen LogP contribution in [-0.2, 0) is 0 Å². The Bertz CT molecular complexity index is 415. The van der Waals surface area contributed by atoms with E-state index in [9.17, 15) is 13.2 Å².